The number of fused-ring (bicyclic) bond motifs is 5. The number of hydrogen-bond donors (Lipinski definition) is 1. The largest absolute Gasteiger partial charge is 0.411 e. The Kier molecular flexibility index (Phi) is 6.87. The number of nitrogens with zero attached hydrogens (tertiary/aromatic N) is 1. The van der Waals surface area contributed by atoms with Crippen LogP contribution in [0.5, 0.6) is 0 Å². The third-order valence-electron chi connectivity index (χ3n) is 11.9. The van der Waals surface area contributed by atoms with E-state index < -0.39 is 0 Å². The van der Waals surface area contributed by atoms with Crippen LogP contribution in [0.4, 0.5) is 0 Å². The molecule has 0 aromatic carbocycles. The van der Waals surface area contributed by atoms with Crippen LogP contribution in [-0.2, 0) is 0 Å². The summed E-state index contributed by atoms with van der Waals surface area (Å²) in [6, 6.07) is 0. The van der Waals surface area contributed by atoms with Crippen LogP contribution >= 0.6 is 0 Å². The van der Waals surface area contributed by atoms with Gasteiger partial charge >= 0.3 is 0 Å². The first-order valence-corrected chi connectivity index (χ1v) is 13.9. The summed E-state index contributed by atoms with van der Waals surface area (Å²) >= 11 is 0. The van der Waals surface area contributed by atoms with E-state index in [1.807, 2.05) is 0 Å². The summed E-state index contributed by atoms with van der Waals surface area (Å²) in [6.45, 7) is 15.2. The van der Waals surface area contributed by atoms with Gasteiger partial charge in [0.1, 0.15) is 0 Å². The first-order chi connectivity index (χ1) is 14.7. The minimum atomic E-state index is 0.494. The Hall–Kier alpha value is -0.530. The van der Waals surface area contributed by atoms with Crippen molar-refractivity contribution >= 4 is 5.71 Å². The lowest BCUT2D eigenvalue weighted by Crippen LogP contribution is -2.53. The van der Waals surface area contributed by atoms with Gasteiger partial charge in [-0.1, -0.05) is 59.5 Å². The second-order valence-corrected chi connectivity index (χ2v) is 13.2. The molecule has 4 aliphatic carbocycles. The van der Waals surface area contributed by atoms with E-state index in [0.717, 1.165) is 65.9 Å². The van der Waals surface area contributed by atoms with Crippen molar-refractivity contribution < 1.29 is 5.21 Å². The Morgan fingerprint density at radius 3 is 2.35 bits per heavy atom. The average Bonchev–Trinajstić information content (AvgIpc) is 3.10. The zero-order chi connectivity index (χ0) is 22.4. The maximum Gasteiger partial charge on any atom is 0.0574 e. The number of oxime groups is 1. The highest BCUT2D eigenvalue weighted by molar-refractivity contribution is 5.85. The molecule has 9 atom stereocenters. The molecule has 0 spiro atoms. The third kappa shape index (κ3) is 4.01. The van der Waals surface area contributed by atoms with Crippen LogP contribution in [0.15, 0.2) is 5.16 Å². The van der Waals surface area contributed by atoms with Crippen LogP contribution in [0.1, 0.15) is 119 Å². The number of rotatable bonds is 6. The summed E-state index contributed by atoms with van der Waals surface area (Å²) in [4.78, 5) is 0. The summed E-state index contributed by atoms with van der Waals surface area (Å²) in [6.07, 6.45) is 16.3. The topological polar surface area (TPSA) is 32.6 Å². The van der Waals surface area contributed by atoms with Crippen LogP contribution in [0, 0.1) is 58.2 Å². The first kappa shape index (κ1) is 23.6. The normalized spacial score (nSPS) is 45.8. The fraction of sp³-hybridized carbons (Fsp3) is 0.966. The molecule has 0 unspecified atom stereocenters. The monoisotopic (exact) mass is 429 g/mol. The fourth-order valence-corrected chi connectivity index (χ4v) is 9.81. The van der Waals surface area contributed by atoms with Crippen molar-refractivity contribution in [1.82, 2.24) is 0 Å². The molecule has 0 aliphatic heterocycles. The van der Waals surface area contributed by atoms with Crippen molar-refractivity contribution in [3.8, 4) is 0 Å². The first-order valence-electron chi connectivity index (χ1n) is 13.9. The lowest BCUT2D eigenvalue weighted by molar-refractivity contribution is -0.105. The van der Waals surface area contributed by atoms with Gasteiger partial charge in [-0.25, -0.2) is 0 Å². The SMILES string of the molecule is CC[C@H](CC[C@@H](C)[C@H]1CC[C@H]2[C@@H]3CC[C@H]4C/C(=N\O)CC[C@]4(C)[C@H]3CC[C@]12C)C(C)C. The number of hydrogen-bond acceptors (Lipinski definition) is 2. The Labute approximate surface area is 193 Å². The van der Waals surface area contributed by atoms with Crippen molar-refractivity contribution in [1.29, 1.82) is 0 Å². The maximum absolute atomic E-state index is 9.35. The van der Waals surface area contributed by atoms with Crippen LogP contribution in [0.3, 0.4) is 0 Å². The molecule has 0 aromatic rings. The molecule has 178 valence electrons. The van der Waals surface area contributed by atoms with Gasteiger partial charge in [-0.3, -0.25) is 0 Å². The van der Waals surface area contributed by atoms with Gasteiger partial charge in [0.15, 0.2) is 0 Å². The summed E-state index contributed by atoms with van der Waals surface area (Å²) < 4.78 is 0. The second-order valence-electron chi connectivity index (χ2n) is 13.2. The predicted molar refractivity (Wildman–Crippen MR) is 131 cm³/mol. The van der Waals surface area contributed by atoms with E-state index in [1.54, 1.807) is 0 Å². The van der Waals surface area contributed by atoms with Crippen LogP contribution < -0.4 is 0 Å². The van der Waals surface area contributed by atoms with Gasteiger partial charge < -0.3 is 5.21 Å². The molecule has 1 N–H and O–H groups in total. The third-order valence-corrected chi connectivity index (χ3v) is 11.9. The van der Waals surface area contributed by atoms with Crippen molar-refractivity contribution in [3.63, 3.8) is 0 Å². The minimum absolute atomic E-state index is 0.494. The lowest BCUT2D eigenvalue weighted by atomic mass is 9.44. The quantitative estimate of drug-likeness (QED) is 0.333. The standard InChI is InChI=1S/C29H51NO/c1-7-21(19(2)3)9-8-20(4)25-12-13-26-24-11-10-22-18-23(30-31)14-16-28(22,5)27(24)15-17-29(25,26)6/h19-22,24-27,31H,7-18H2,1-6H3/b30-23-/t20-,21-,22+,24+,25-,26+,27+,28+,29-/m1/s1. The van der Waals surface area contributed by atoms with Crippen LogP contribution in [0.25, 0.3) is 0 Å². The summed E-state index contributed by atoms with van der Waals surface area (Å²) in [5.74, 6) is 7.21. The summed E-state index contributed by atoms with van der Waals surface area (Å²) in [5, 5.41) is 13.0. The molecule has 4 saturated carbocycles. The fourth-order valence-electron chi connectivity index (χ4n) is 9.81. The van der Waals surface area contributed by atoms with E-state index in [1.165, 1.54) is 64.2 Å². The smallest absolute Gasteiger partial charge is 0.0574 e. The highest BCUT2D eigenvalue weighted by atomic mass is 16.4. The molecule has 4 fully saturated rings. The van der Waals surface area contributed by atoms with Gasteiger partial charge in [-0.15, -0.1) is 0 Å². The molecule has 0 aromatic heterocycles. The van der Waals surface area contributed by atoms with E-state index in [0.29, 0.717) is 10.8 Å². The maximum atomic E-state index is 9.35. The van der Waals surface area contributed by atoms with E-state index in [-0.39, 0.29) is 0 Å². The highest BCUT2D eigenvalue weighted by Gasteiger charge is 2.60. The van der Waals surface area contributed by atoms with Gasteiger partial charge in [0.25, 0.3) is 0 Å². The molecule has 4 rings (SSSR count). The zero-order valence-corrected chi connectivity index (χ0v) is 21.5. The molecule has 0 saturated heterocycles. The highest BCUT2D eigenvalue weighted by Crippen LogP contribution is 2.68. The molecule has 0 amide bonds. The van der Waals surface area contributed by atoms with E-state index >= 15 is 0 Å². The summed E-state index contributed by atoms with van der Waals surface area (Å²) in [7, 11) is 0. The summed E-state index contributed by atoms with van der Waals surface area (Å²) in [5.41, 5.74) is 2.16. The Morgan fingerprint density at radius 1 is 0.935 bits per heavy atom. The Balaban J connectivity index is 1.45. The van der Waals surface area contributed by atoms with Crippen molar-refractivity contribution in [2.24, 2.45) is 63.3 Å². The molecule has 2 heteroatoms. The molecular weight excluding hydrogens is 378 g/mol. The van der Waals surface area contributed by atoms with Gasteiger partial charge in [0.05, 0.1) is 5.71 Å². The van der Waals surface area contributed by atoms with Crippen molar-refractivity contribution in [2.75, 3.05) is 0 Å². The molecule has 4 aliphatic rings. The predicted octanol–water partition coefficient (Wildman–Crippen LogP) is 8.57. The van der Waals surface area contributed by atoms with Gasteiger partial charge in [-0.2, -0.15) is 0 Å². The molecular formula is C29H51NO. The van der Waals surface area contributed by atoms with Crippen LogP contribution in [-0.4, -0.2) is 10.9 Å². The zero-order valence-electron chi connectivity index (χ0n) is 21.5. The van der Waals surface area contributed by atoms with Crippen molar-refractivity contribution in [2.45, 2.75) is 119 Å². The lowest BCUT2D eigenvalue weighted by Gasteiger charge is -2.60. The molecule has 0 bridgehead atoms. The van der Waals surface area contributed by atoms with Crippen LogP contribution in [0.2, 0.25) is 0 Å². The van der Waals surface area contributed by atoms with Gasteiger partial charge in [0.2, 0.25) is 0 Å². The Bertz CT molecular complexity index is 655. The average molecular weight is 430 g/mol. The minimum Gasteiger partial charge on any atom is -0.411 e. The molecule has 2 nitrogen and oxygen atoms in total. The Morgan fingerprint density at radius 2 is 1.68 bits per heavy atom. The van der Waals surface area contributed by atoms with E-state index in [4.69, 9.17) is 0 Å². The van der Waals surface area contributed by atoms with Gasteiger partial charge in [-0.05, 0) is 122 Å². The van der Waals surface area contributed by atoms with Crippen molar-refractivity contribution in [3.05, 3.63) is 0 Å². The van der Waals surface area contributed by atoms with E-state index in [9.17, 15) is 5.21 Å². The molecule has 0 heterocycles. The van der Waals surface area contributed by atoms with Gasteiger partial charge in [0, 0.05) is 0 Å². The molecule has 0 radical (unpaired) electrons. The van der Waals surface area contributed by atoms with E-state index in [2.05, 4.69) is 46.7 Å². The second kappa shape index (κ2) is 9.02. The molecule has 31 heavy (non-hydrogen) atoms.